The molecule has 5 aromatic rings. The minimum Gasteiger partial charge on any atom is -0.497 e. The van der Waals surface area contributed by atoms with Gasteiger partial charge in [0.15, 0.2) is 5.65 Å². The predicted octanol–water partition coefficient (Wildman–Crippen LogP) is 5.14. The van der Waals surface area contributed by atoms with Gasteiger partial charge >= 0.3 is 0 Å². The molecule has 5 rings (SSSR count). The van der Waals surface area contributed by atoms with Crippen LogP contribution in [0, 0.1) is 5.82 Å². The highest BCUT2D eigenvalue weighted by atomic mass is 19.1. The van der Waals surface area contributed by atoms with E-state index in [1.807, 2.05) is 36.4 Å². The topological polar surface area (TPSA) is 102 Å². The number of amides is 1. The van der Waals surface area contributed by atoms with Crippen molar-refractivity contribution in [1.82, 2.24) is 20.4 Å². The molecule has 180 valence electrons. The zero-order valence-corrected chi connectivity index (χ0v) is 19.4. The molecule has 0 bridgehead atoms. The van der Waals surface area contributed by atoms with Crippen molar-refractivity contribution in [2.45, 2.75) is 13.2 Å². The Morgan fingerprint density at radius 3 is 2.75 bits per heavy atom. The third-order valence-electron chi connectivity index (χ3n) is 5.58. The molecule has 0 atom stereocenters. The number of halogens is 1. The van der Waals surface area contributed by atoms with Crippen LogP contribution in [0.5, 0.6) is 5.75 Å². The monoisotopic (exact) mass is 483 g/mol. The van der Waals surface area contributed by atoms with Gasteiger partial charge in [0, 0.05) is 22.4 Å². The second-order valence-corrected chi connectivity index (χ2v) is 8.06. The average molecular weight is 484 g/mol. The first-order valence-electron chi connectivity index (χ1n) is 11.2. The van der Waals surface area contributed by atoms with Gasteiger partial charge in [-0.15, -0.1) is 5.10 Å². The molecule has 8 nitrogen and oxygen atoms in total. The fourth-order valence-corrected chi connectivity index (χ4v) is 3.71. The van der Waals surface area contributed by atoms with E-state index in [1.165, 1.54) is 6.07 Å². The predicted molar refractivity (Wildman–Crippen MR) is 133 cm³/mol. The Balaban J connectivity index is 1.23. The second-order valence-electron chi connectivity index (χ2n) is 8.06. The van der Waals surface area contributed by atoms with Gasteiger partial charge < -0.3 is 14.8 Å². The lowest BCUT2D eigenvalue weighted by Crippen LogP contribution is -2.12. The Morgan fingerprint density at radius 1 is 1.00 bits per heavy atom. The summed E-state index contributed by atoms with van der Waals surface area (Å²) in [5.74, 6) is -0.0826. The number of pyridine rings is 1. The number of ether oxygens (including phenoxy) is 2. The molecule has 9 heteroatoms. The number of hydrogen-bond acceptors (Lipinski definition) is 6. The molecule has 0 saturated heterocycles. The van der Waals surface area contributed by atoms with E-state index >= 15 is 0 Å². The van der Waals surface area contributed by atoms with Crippen LogP contribution in [0.25, 0.3) is 22.4 Å². The molecule has 2 N–H and O–H groups in total. The number of fused-ring (bicyclic) bond motifs is 1. The molecule has 0 aliphatic rings. The number of H-pyrrole nitrogens is 1. The number of rotatable bonds is 8. The number of nitrogens with one attached hydrogen (secondary N) is 2. The number of hydrogen-bond donors (Lipinski definition) is 2. The van der Waals surface area contributed by atoms with Crippen LogP contribution in [0.2, 0.25) is 0 Å². The smallest absolute Gasteiger partial charge is 0.255 e. The number of carbonyl (C=O) groups is 1. The molecule has 0 fully saturated rings. The van der Waals surface area contributed by atoms with E-state index in [-0.39, 0.29) is 12.5 Å². The van der Waals surface area contributed by atoms with Crippen LogP contribution in [0.4, 0.5) is 10.1 Å². The molecule has 0 radical (unpaired) electrons. The molecule has 2 aromatic heterocycles. The molecule has 0 saturated carbocycles. The maximum absolute atomic E-state index is 14.7. The van der Waals surface area contributed by atoms with Crippen molar-refractivity contribution < 1.29 is 18.7 Å². The van der Waals surface area contributed by atoms with Crippen LogP contribution in [0.1, 0.15) is 21.5 Å². The Kier molecular flexibility index (Phi) is 6.63. The normalized spacial score (nSPS) is 10.9. The number of carbonyl (C=O) groups excluding carboxylic acids is 1. The number of aromatic amines is 1. The number of anilines is 1. The van der Waals surface area contributed by atoms with E-state index in [9.17, 15) is 9.18 Å². The average Bonchev–Trinajstić information content (AvgIpc) is 3.38. The van der Waals surface area contributed by atoms with E-state index in [0.717, 1.165) is 16.9 Å². The van der Waals surface area contributed by atoms with E-state index < -0.39 is 5.82 Å². The lowest BCUT2D eigenvalue weighted by molar-refractivity contribution is 0.102. The van der Waals surface area contributed by atoms with E-state index in [2.05, 4.69) is 25.7 Å². The Morgan fingerprint density at radius 2 is 1.89 bits per heavy atom. The van der Waals surface area contributed by atoms with Crippen molar-refractivity contribution in [2.24, 2.45) is 0 Å². The molecule has 0 spiro atoms. The van der Waals surface area contributed by atoms with Gasteiger partial charge in [-0.25, -0.2) is 14.5 Å². The summed E-state index contributed by atoms with van der Waals surface area (Å²) in [5.41, 5.74) is 4.74. The molecule has 36 heavy (non-hydrogen) atoms. The first-order valence-corrected chi connectivity index (χ1v) is 11.2. The van der Waals surface area contributed by atoms with Crippen molar-refractivity contribution in [1.29, 1.82) is 0 Å². The first kappa shape index (κ1) is 23.1. The van der Waals surface area contributed by atoms with Crippen LogP contribution < -0.4 is 10.1 Å². The summed E-state index contributed by atoms with van der Waals surface area (Å²) in [5, 5.41) is 13.1. The van der Waals surface area contributed by atoms with Crippen LogP contribution in [-0.2, 0) is 18.0 Å². The first-order chi connectivity index (χ1) is 17.6. The lowest BCUT2D eigenvalue weighted by atomic mass is 10.1. The summed E-state index contributed by atoms with van der Waals surface area (Å²) in [6.45, 7) is 0.423. The third kappa shape index (κ3) is 5.21. The van der Waals surface area contributed by atoms with Crippen LogP contribution in [0.3, 0.4) is 0 Å². The van der Waals surface area contributed by atoms with Crippen molar-refractivity contribution in [2.75, 3.05) is 12.4 Å². The fraction of sp³-hybridized carbons (Fsp3) is 0.111. The minimum atomic E-state index is -0.460. The van der Waals surface area contributed by atoms with Crippen molar-refractivity contribution in [3.05, 3.63) is 101 Å². The number of aromatic nitrogens is 4. The lowest BCUT2D eigenvalue weighted by Gasteiger charge is -2.10. The van der Waals surface area contributed by atoms with Crippen LogP contribution >= 0.6 is 0 Å². The Hall–Kier alpha value is -4.63. The van der Waals surface area contributed by atoms with E-state index in [4.69, 9.17) is 9.47 Å². The van der Waals surface area contributed by atoms with Gasteiger partial charge in [-0.05, 0) is 54.1 Å². The molecular formula is C27H22FN5O3. The van der Waals surface area contributed by atoms with Crippen LogP contribution in [-0.4, -0.2) is 33.4 Å². The minimum absolute atomic E-state index is 0.0997. The molecular weight excluding hydrogens is 461 g/mol. The van der Waals surface area contributed by atoms with Crippen molar-refractivity contribution in [3.63, 3.8) is 0 Å². The van der Waals surface area contributed by atoms with Gasteiger partial charge in [0.2, 0.25) is 0 Å². The second kappa shape index (κ2) is 10.3. The van der Waals surface area contributed by atoms with Crippen LogP contribution in [0.15, 0.2) is 78.9 Å². The number of methoxy groups -OCH3 is 1. The Labute approximate surface area is 206 Å². The standard InChI is InChI=1S/C27H22FN5O3/c1-35-22-7-2-4-17(12-22)15-36-16-20-8-9-21(14-23(20)28)29-27(34)19-6-3-5-18(13-19)24-10-11-25-26(30-24)32-33-31-25/h2-14H,15-16H2,1H3,(H,29,34)(H,30,31,32,33). The summed E-state index contributed by atoms with van der Waals surface area (Å²) in [6, 6.07) is 22.7. The Bertz CT molecular complexity index is 1540. The molecule has 1 amide bonds. The van der Waals surface area contributed by atoms with Gasteiger partial charge in [-0.3, -0.25) is 4.79 Å². The van der Waals surface area contributed by atoms with Crippen molar-refractivity contribution >= 4 is 22.8 Å². The van der Waals surface area contributed by atoms with Crippen molar-refractivity contribution in [3.8, 4) is 17.0 Å². The highest BCUT2D eigenvalue weighted by Crippen LogP contribution is 2.22. The molecule has 2 heterocycles. The highest BCUT2D eigenvalue weighted by Gasteiger charge is 2.11. The van der Waals surface area contributed by atoms with Gasteiger partial charge in [-0.2, -0.15) is 0 Å². The van der Waals surface area contributed by atoms with Gasteiger partial charge in [0.05, 0.1) is 26.0 Å². The zero-order valence-electron chi connectivity index (χ0n) is 19.4. The van der Waals surface area contributed by atoms with Gasteiger partial charge in [0.1, 0.15) is 17.1 Å². The highest BCUT2D eigenvalue weighted by molar-refractivity contribution is 6.05. The molecule has 3 aromatic carbocycles. The molecule has 0 aliphatic carbocycles. The maximum Gasteiger partial charge on any atom is 0.255 e. The summed E-state index contributed by atoms with van der Waals surface area (Å²) >= 11 is 0. The largest absolute Gasteiger partial charge is 0.497 e. The van der Waals surface area contributed by atoms with E-state index in [1.54, 1.807) is 43.5 Å². The molecule has 0 aliphatic heterocycles. The number of benzene rings is 3. The van der Waals surface area contributed by atoms with Gasteiger partial charge in [-0.1, -0.05) is 35.5 Å². The zero-order chi connectivity index (χ0) is 24.9. The summed E-state index contributed by atoms with van der Waals surface area (Å²) in [7, 11) is 1.60. The summed E-state index contributed by atoms with van der Waals surface area (Å²) in [4.78, 5) is 17.3. The van der Waals surface area contributed by atoms with E-state index in [0.29, 0.717) is 40.3 Å². The number of nitrogens with zero attached hydrogens (tertiary/aromatic N) is 3. The molecule has 0 unspecified atom stereocenters. The van der Waals surface area contributed by atoms with Gasteiger partial charge in [0.25, 0.3) is 5.91 Å². The summed E-state index contributed by atoms with van der Waals surface area (Å²) in [6.07, 6.45) is 0. The third-order valence-corrected chi connectivity index (χ3v) is 5.58. The quantitative estimate of drug-likeness (QED) is 0.317. The maximum atomic E-state index is 14.7. The SMILES string of the molecule is COc1cccc(COCc2ccc(NC(=O)c3cccc(-c4ccc5nn[nH]c5n4)c3)cc2F)c1. The summed E-state index contributed by atoms with van der Waals surface area (Å²) < 4.78 is 25.5. The fourth-order valence-electron chi connectivity index (χ4n) is 3.71.